The molecule has 178 valence electrons. The van der Waals surface area contributed by atoms with Crippen LogP contribution in [0.25, 0.3) is 16.9 Å². The minimum absolute atomic E-state index is 0.0236. The van der Waals surface area contributed by atoms with Crippen LogP contribution in [0.1, 0.15) is 58.5 Å². The van der Waals surface area contributed by atoms with Crippen LogP contribution in [0.2, 0.25) is 0 Å². The number of rotatable bonds is 8. The minimum Gasteiger partial charge on any atom is -0.465 e. The quantitative estimate of drug-likeness (QED) is 0.428. The lowest BCUT2D eigenvalue weighted by atomic mass is 9.90. The van der Waals surface area contributed by atoms with Gasteiger partial charge >= 0.3 is 11.9 Å². The van der Waals surface area contributed by atoms with Gasteiger partial charge in [-0.15, -0.1) is 0 Å². The van der Waals surface area contributed by atoms with Crippen LogP contribution in [-0.4, -0.2) is 42.5 Å². The van der Waals surface area contributed by atoms with Crippen LogP contribution in [0, 0.1) is 5.92 Å². The average molecular weight is 463 g/mol. The molecule has 7 nitrogen and oxygen atoms in total. The van der Waals surface area contributed by atoms with E-state index in [-0.39, 0.29) is 11.3 Å². The van der Waals surface area contributed by atoms with Gasteiger partial charge in [0, 0.05) is 12.2 Å². The van der Waals surface area contributed by atoms with Crippen LogP contribution in [0.5, 0.6) is 0 Å². The van der Waals surface area contributed by atoms with Crippen molar-refractivity contribution in [2.24, 2.45) is 5.92 Å². The Kier molecular flexibility index (Phi) is 7.75. The minimum atomic E-state index is -0.671. The van der Waals surface area contributed by atoms with E-state index in [9.17, 15) is 9.59 Å². The molecule has 1 aromatic heterocycles. The number of aromatic nitrogens is 2. The second-order valence-corrected chi connectivity index (χ2v) is 8.52. The van der Waals surface area contributed by atoms with Crippen LogP contribution < -0.4 is 0 Å². The van der Waals surface area contributed by atoms with E-state index >= 15 is 0 Å². The van der Waals surface area contributed by atoms with E-state index in [1.807, 2.05) is 42.5 Å². The fourth-order valence-electron chi connectivity index (χ4n) is 4.41. The maximum Gasteiger partial charge on any atom is 0.357 e. The lowest BCUT2D eigenvalue weighted by molar-refractivity contribution is 0.0549. The highest BCUT2D eigenvalue weighted by Crippen LogP contribution is 2.30. The fourth-order valence-corrected chi connectivity index (χ4v) is 4.41. The normalized spacial score (nSPS) is 14.1. The summed E-state index contributed by atoms with van der Waals surface area (Å²) in [5.41, 5.74) is 2.80. The third kappa shape index (κ3) is 5.20. The summed E-state index contributed by atoms with van der Waals surface area (Å²) in [5.74, 6) is -0.664. The molecule has 0 N–H and O–H groups in total. The Labute approximate surface area is 199 Å². The smallest absolute Gasteiger partial charge is 0.357 e. The van der Waals surface area contributed by atoms with E-state index < -0.39 is 11.9 Å². The molecule has 0 aliphatic heterocycles. The lowest BCUT2D eigenvalue weighted by Crippen LogP contribution is -2.15. The molecule has 0 spiro atoms. The molecule has 0 saturated heterocycles. The SMILES string of the molecule is COC(=O)c1c(-c2ccc(COCC3CCCCC3)cc2)nn(-c2ccccc2)c1C(=O)OC. The van der Waals surface area contributed by atoms with E-state index in [0.29, 0.717) is 29.5 Å². The van der Waals surface area contributed by atoms with Gasteiger partial charge in [-0.25, -0.2) is 14.3 Å². The summed E-state index contributed by atoms with van der Waals surface area (Å²) >= 11 is 0. The van der Waals surface area contributed by atoms with Crippen molar-refractivity contribution in [2.75, 3.05) is 20.8 Å². The topological polar surface area (TPSA) is 79.7 Å². The number of methoxy groups -OCH3 is 2. The lowest BCUT2D eigenvalue weighted by Gasteiger charge is -2.21. The van der Waals surface area contributed by atoms with Gasteiger partial charge in [-0.05, 0) is 36.5 Å². The first-order chi connectivity index (χ1) is 16.6. The maximum atomic E-state index is 12.7. The van der Waals surface area contributed by atoms with Crippen molar-refractivity contribution in [3.63, 3.8) is 0 Å². The Morgan fingerprint density at radius 1 is 0.912 bits per heavy atom. The first-order valence-electron chi connectivity index (χ1n) is 11.6. The third-order valence-electron chi connectivity index (χ3n) is 6.23. The highest BCUT2D eigenvalue weighted by Gasteiger charge is 2.31. The number of hydrogen-bond donors (Lipinski definition) is 0. The Hall–Kier alpha value is -3.45. The van der Waals surface area contributed by atoms with E-state index in [0.717, 1.165) is 12.2 Å². The van der Waals surface area contributed by atoms with Gasteiger partial charge in [0.15, 0.2) is 5.69 Å². The number of carbonyl (C=O) groups is 2. The van der Waals surface area contributed by atoms with Crippen LogP contribution in [0.15, 0.2) is 54.6 Å². The molecule has 3 aromatic rings. The zero-order valence-electron chi connectivity index (χ0n) is 19.7. The Morgan fingerprint density at radius 2 is 1.59 bits per heavy atom. The number of esters is 2. The first kappa shape index (κ1) is 23.7. The zero-order chi connectivity index (χ0) is 23.9. The van der Waals surface area contributed by atoms with Crippen molar-refractivity contribution in [1.29, 1.82) is 0 Å². The van der Waals surface area contributed by atoms with E-state index in [2.05, 4.69) is 5.10 Å². The number of carbonyl (C=O) groups excluding carboxylic acids is 2. The molecule has 1 heterocycles. The monoisotopic (exact) mass is 462 g/mol. The maximum absolute atomic E-state index is 12.7. The van der Waals surface area contributed by atoms with Crippen molar-refractivity contribution < 1.29 is 23.8 Å². The molecule has 1 fully saturated rings. The molecule has 0 radical (unpaired) electrons. The van der Waals surface area contributed by atoms with Gasteiger partial charge in [-0.2, -0.15) is 5.10 Å². The molecule has 1 aliphatic carbocycles. The summed E-state index contributed by atoms with van der Waals surface area (Å²) in [7, 11) is 2.55. The summed E-state index contributed by atoms with van der Waals surface area (Å²) in [6.45, 7) is 1.32. The van der Waals surface area contributed by atoms with Crippen molar-refractivity contribution in [2.45, 2.75) is 38.7 Å². The molecular formula is C27H30N2O5. The predicted molar refractivity (Wildman–Crippen MR) is 128 cm³/mol. The van der Waals surface area contributed by atoms with Crippen molar-refractivity contribution in [1.82, 2.24) is 9.78 Å². The molecule has 34 heavy (non-hydrogen) atoms. The number of nitrogens with zero attached hydrogens (tertiary/aromatic N) is 2. The number of benzene rings is 2. The second kappa shape index (κ2) is 11.1. The molecule has 2 aromatic carbocycles. The largest absolute Gasteiger partial charge is 0.465 e. The summed E-state index contributed by atoms with van der Waals surface area (Å²) < 4.78 is 17.4. The van der Waals surface area contributed by atoms with Crippen molar-refractivity contribution in [3.05, 3.63) is 71.4 Å². The van der Waals surface area contributed by atoms with Gasteiger partial charge in [0.1, 0.15) is 11.3 Å². The molecule has 0 unspecified atom stereocenters. The van der Waals surface area contributed by atoms with Crippen LogP contribution in [0.3, 0.4) is 0 Å². The van der Waals surface area contributed by atoms with Crippen LogP contribution in [-0.2, 0) is 20.8 Å². The van der Waals surface area contributed by atoms with Gasteiger partial charge in [-0.3, -0.25) is 0 Å². The van der Waals surface area contributed by atoms with Gasteiger partial charge in [0.2, 0.25) is 0 Å². The summed E-state index contributed by atoms with van der Waals surface area (Å²) in [6.07, 6.45) is 6.44. The van der Waals surface area contributed by atoms with Crippen molar-refractivity contribution in [3.8, 4) is 16.9 Å². The molecule has 1 saturated carbocycles. The molecule has 0 bridgehead atoms. The fraction of sp³-hybridized carbons (Fsp3) is 0.370. The van der Waals surface area contributed by atoms with Crippen LogP contribution in [0.4, 0.5) is 0 Å². The zero-order valence-corrected chi connectivity index (χ0v) is 19.7. The highest BCUT2D eigenvalue weighted by molar-refractivity contribution is 6.06. The van der Waals surface area contributed by atoms with Gasteiger partial charge in [0.05, 0.1) is 26.5 Å². The summed E-state index contributed by atoms with van der Waals surface area (Å²) in [6, 6.07) is 16.8. The third-order valence-corrected chi connectivity index (χ3v) is 6.23. The Morgan fingerprint density at radius 3 is 2.24 bits per heavy atom. The van der Waals surface area contributed by atoms with Gasteiger partial charge < -0.3 is 14.2 Å². The molecule has 0 amide bonds. The summed E-state index contributed by atoms with van der Waals surface area (Å²) in [4.78, 5) is 25.4. The van der Waals surface area contributed by atoms with Gasteiger partial charge in [0.25, 0.3) is 0 Å². The number of para-hydroxylation sites is 1. The second-order valence-electron chi connectivity index (χ2n) is 8.52. The van der Waals surface area contributed by atoms with E-state index in [4.69, 9.17) is 14.2 Å². The highest BCUT2D eigenvalue weighted by atomic mass is 16.5. The standard InChI is InChI=1S/C27H30N2O5/c1-32-26(30)23-24(28-29(25(23)27(31)33-2)22-11-7-4-8-12-22)21-15-13-20(14-16-21)18-34-17-19-9-5-3-6-10-19/h4,7-8,11-16,19H,3,5-6,9-10,17-18H2,1-2H3. The molecule has 0 atom stereocenters. The first-order valence-corrected chi connectivity index (χ1v) is 11.6. The molecular weight excluding hydrogens is 432 g/mol. The van der Waals surface area contributed by atoms with E-state index in [1.54, 1.807) is 12.1 Å². The molecule has 7 heteroatoms. The Balaban J connectivity index is 1.63. The Bertz CT molecular complexity index is 1120. The predicted octanol–water partition coefficient (Wildman–Crippen LogP) is 5.21. The van der Waals surface area contributed by atoms with Crippen molar-refractivity contribution >= 4 is 11.9 Å². The number of hydrogen-bond acceptors (Lipinski definition) is 6. The van der Waals surface area contributed by atoms with E-state index in [1.165, 1.54) is 51.0 Å². The number of ether oxygens (including phenoxy) is 3. The molecule has 4 rings (SSSR count). The summed E-state index contributed by atoms with van der Waals surface area (Å²) in [5, 5.41) is 4.63. The average Bonchev–Trinajstić information content (AvgIpc) is 3.30. The van der Waals surface area contributed by atoms with Gasteiger partial charge in [-0.1, -0.05) is 61.7 Å². The molecule has 1 aliphatic rings. The van der Waals surface area contributed by atoms with Crippen LogP contribution >= 0.6 is 0 Å².